The van der Waals surface area contributed by atoms with Crippen LogP contribution in [0.2, 0.25) is 10.0 Å². The Kier molecular flexibility index (Phi) is 5.50. The van der Waals surface area contributed by atoms with Crippen molar-refractivity contribution in [2.75, 3.05) is 0 Å². The first kappa shape index (κ1) is 16.1. The van der Waals surface area contributed by atoms with Gasteiger partial charge in [-0.1, -0.05) is 36.2 Å². The van der Waals surface area contributed by atoms with Crippen LogP contribution in [0.5, 0.6) is 5.75 Å². The Bertz CT molecular complexity index is 461. The maximum atomic E-state index is 12.0. The number of halogens is 2. The van der Waals surface area contributed by atoms with Crippen LogP contribution in [0.15, 0.2) is 18.2 Å². The van der Waals surface area contributed by atoms with Gasteiger partial charge in [0.2, 0.25) is 0 Å². The Morgan fingerprint density at radius 2 is 2.05 bits per heavy atom. The molecule has 1 N–H and O–H groups in total. The van der Waals surface area contributed by atoms with Crippen LogP contribution in [0, 0.1) is 0 Å². The molecule has 0 saturated carbocycles. The topological polar surface area (TPSA) is 38.3 Å². The zero-order chi connectivity index (χ0) is 14.6. The van der Waals surface area contributed by atoms with E-state index < -0.39 is 6.10 Å². The Morgan fingerprint density at radius 1 is 1.42 bits per heavy atom. The number of amides is 1. The molecule has 0 aliphatic carbocycles. The third kappa shape index (κ3) is 4.59. The van der Waals surface area contributed by atoms with Crippen LogP contribution in [0.25, 0.3) is 0 Å². The van der Waals surface area contributed by atoms with Gasteiger partial charge in [0.05, 0.1) is 5.02 Å². The second-order valence-corrected chi connectivity index (χ2v) is 5.82. The molecule has 1 unspecified atom stereocenters. The molecule has 1 aromatic carbocycles. The van der Waals surface area contributed by atoms with Crippen molar-refractivity contribution in [3.05, 3.63) is 28.2 Å². The fourth-order valence-electron chi connectivity index (χ4n) is 1.34. The highest BCUT2D eigenvalue weighted by molar-refractivity contribution is 6.42. The average Bonchev–Trinajstić information content (AvgIpc) is 2.34. The summed E-state index contributed by atoms with van der Waals surface area (Å²) in [6.45, 7) is 7.62. The molecular formula is C14H19Cl2NO2. The minimum atomic E-state index is -0.637. The van der Waals surface area contributed by atoms with E-state index in [0.29, 0.717) is 15.8 Å². The molecule has 0 saturated heterocycles. The van der Waals surface area contributed by atoms with Crippen molar-refractivity contribution in [2.24, 2.45) is 0 Å². The maximum Gasteiger partial charge on any atom is 0.261 e. The lowest BCUT2D eigenvalue weighted by atomic mass is 10.0. The van der Waals surface area contributed by atoms with Gasteiger partial charge in [0.1, 0.15) is 10.8 Å². The van der Waals surface area contributed by atoms with Gasteiger partial charge in [-0.15, -0.1) is 0 Å². The van der Waals surface area contributed by atoms with Gasteiger partial charge in [-0.05, 0) is 39.3 Å². The van der Waals surface area contributed by atoms with Crippen molar-refractivity contribution in [3.63, 3.8) is 0 Å². The van der Waals surface area contributed by atoms with E-state index in [1.807, 2.05) is 20.8 Å². The summed E-state index contributed by atoms with van der Waals surface area (Å²) in [6, 6.07) is 5.08. The highest BCUT2D eigenvalue weighted by Crippen LogP contribution is 2.32. The lowest BCUT2D eigenvalue weighted by molar-refractivity contribution is -0.128. The van der Waals surface area contributed by atoms with Crippen molar-refractivity contribution in [1.29, 1.82) is 0 Å². The monoisotopic (exact) mass is 303 g/mol. The summed E-state index contributed by atoms with van der Waals surface area (Å²) >= 11 is 11.9. The fraction of sp³-hybridized carbons (Fsp3) is 0.500. The van der Waals surface area contributed by atoms with Crippen molar-refractivity contribution in [3.8, 4) is 5.75 Å². The zero-order valence-electron chi connectivity index (χ0n) is 11.6. The molecule has 0 aromatic heterocycles. The quantitative estimate of drug-likeness (QED) is 0.890. The standard InChI is InChI=1S/C14H19Cl2NO2/c1-5-14(3,4)17-13(18)9(2)19-11-8-6-7-10(15)12(11)16/h6-9H,5H2,1-4H3,(H,17,18). The van der Waals surface area contributed by atoms with Crippen molar-refractivity contribution in [1.82, 2.24) is 5.32 Å². The van der Waals surface area contributed by atoms with Gasteiger partial charge in [0, 0.05) is 5.54 Å². The molecule has 0 radical (unpaired) electrons. The number of ether oxygens (including phenoxy) is 1. The largest absolute Gasteiger partial charge is 0.479 e. The summed E-state index contributed by atoms with van der Waals surface area (Å²) in [4.78, 5) is 12.0. The number of nitrogens with one attached hydrogen (secondary N) is 1. The van der Waals surface area contributed by atoms with Crippen LogP contribution in [0.1, 0.15) is 34.1 Å². The fourth-order valence-corrected chi connectivity index (χ4v) is 1.68. The summed E-state index contributed by atoms with van der Waals surface area (Å²) < 4.78 is 5.55. The lowest BCUT2D eigenvalue weighted by Gasteiger charge is -2.26. The third-order valence-corrected chi connectivity index (χ3v) is 3.74. The molecule has 0 fully saturated rings. The van der Waals surface area contributed by atoms with Crippen LogP contribution < -0.4 is 10.1 Å². The SMILES string of the molecule is CCC(C)(C)NC(=O)C(C)Oc1cccc(Cl)c1Cl. The molecule has 19 heavy (non-hydrogen) atoms. The van der Waals surface area contributed by atoms with E-state index in [9.17, 15) is 4.79 Å². The van der Waals surface area contributed by atoms with E-state index in [-0.39, 0.29) is 11.4 Å². The van der Waals surface area contributed by atoms with Crippen LogP contribution in [0.3, 0.4) is 0 Å². The molecule has 0 heterocycles. The van der Waals surface area contributed by atoms with E-state index in [1.165, 1.54) is 0 Å². The average molecular weight is 304 g/mol. The number of hydrogen-bond donors (Lipinski definition) is 1. The summed E-state index contributed by atoms with van der Waals surface area (Å²) in [6.07, 6.45) is 0.199. The second-order valence-electron chi connectivity index (χ2n) is 5.04. The molecule has 3 nitrogen and oxygen atoms in total. The highest BCUT2D eigenvalue weighted by Gasteiger charge is 2.23. The minimum absolute atomic E-state index is 0.178. The number of carbonyl (C=O) groups is 1. The van der Waals surface area contributed by atoms with Gasteiger partial charge in [0.25, 0.3) is 5.91 Å². The molecule has 0 spiro atoms. The maximum absolute atomic E-state index is 12.0. The molecule has 0 aliphatic rings. The number of rotatable bonds is 5. The highest BCUT2D eigenvalue weighted by atomic mass is 35.5. The summed E-state index contributed by atoms with van der Waals surface area (Å²) in [5.74, 6) is 0.231. The molecule has 0 aliphatic heterocycles. The van der Waals surface area contributed by atoms with Crippen molar-refractivity contribution >= 4 is 29.1 Å². The van der Waals surface area contributed by atoms with E-state index in [1.54, 1.807) is 25.1 Å². The van der Waals surface area contributed by atoms with E-state index >= 15 is 0 Å². The van der Waals surface area contributed by atoms with E-state index in [0.717, 1.165) is 6.42 Å². The normalized spacial score (nSPS) is 12.9. The number of carbonyl (C=O) groups excluding carboxylic acids is 1. The van der Waals surface area contributed by atoms with Crippen molar-refractivity contribution in [2.45, 2.75) is 45.8 Å². The Hall–Kier alpha value is -0.930. The molecule has 1 aromatic rings. The van der Waals surface area contributed by atoms with Gasteiger partial charge >= 0.3 is 0 Å². The van der Waals surface area contributed by atoms with Crippen LogP contribution in [0.4, 0.5) is 0 Å². The number of benzene rings is 1. The van der Waals surface area contributed by atoms with Crippen LogP contribution in [-0.4, -0.2) is 17.6 Å². The lowest BCUT2D eigenvalue weighted by Crippen LogP contribution is -2.48. The molecule has 106 valence electrons. The van der Waals surface area contributed by atoms with Gasteiger partial charge in [0.15, 0.2) is 6.10 Å². The molecule has 0 bridgehead atoms. The second kappa shape index (κ2) is 6.49. The summed E-state index contributed by atoms with van der Waals surface area (Å²) in [5, 5.41) is 3.64. The molecular weight excluding hydrogens is 285 g/mol. The van der Waals surface area contributed by atoms with Gasteiger partial charge in [-0.3, -0.25) is 4.79 Å². The summed E-state index contributed by atoms with van der Waals surface area (Å²) in [7, 11) is 0. The molecule has 1 amide bonds. The first-order chi connectivity index (χ1) is 8.76. The first-order valence-electron chi connectivity index (χ1n) is 6.19. The Morgan fingerprint density at radius 3 is 2.63 bits per heavy atom. The van der Waals surface area contributed by atoms with Gasteiger partial charge < -0.3 is 10.1 Å². The molecule has 5 heteroatoms. The molecule has 1 rings (SSSR count). The Balaban J connectivity index is 2.72. The van der Waals surface area contributed by atoms with E-state index in [4.69, 9.17) is 27.9 Å². The van der Waals surface area contributed by atoms with Crippen LogP contribution in [-0.2, 0) is 4.79 Å². The van der Waals surface area contributed by atoms with E-state index in [2.05, 4.69) is 5.32 Å². The molecule has 1 atom stereocenters. The van der Waals surface area contributed by atoms with Gasteiger partial charge in [-0.25, -0.2) is 0 Å². The van der Waals surface area contributed by atoms with Crippen molar-refractivity contribution < 1.29 is 9.53 Å². The number of hydrogen-bond acceptors (Lipinski definition) is 2. The Labute approximate surface area is 124 Å². The smallest absolute Gasteiger partial charge is 0.261 e. The summed E-state index contributed by atoms with van der Waals surface area (Å²) in [5.41, 5.74) is -0.257. The third-order valence-electron chi connectivity index (χ3n) is 2.93. The minimum Gasteiger partial charge on any atom is -0.479 e. The predicted octanol–water partition coefficient (Wildman–Crippen LogP) is 4.07. The van der Waals surface area contributed by atoms with Gasteiger partial charge in [-0.2, -0.15) is 0 Å². The first-order valence-corrected chi connectivity index (χ1v) is 6.95. The predicted molar refractivity (Wildman–Crippen MR) is 79.1 cm³/mol. The van der Waals surface area contributed by atoms with Crippen LogP contribution >= 0.6 is 23.2 Å². The zero-order valence-corrected chi connectivity index (χ0v) is 13.1.